The van der Waals surface area contributed by atoms with Gasteiger partial charge in [0.15, 0.2) is 0 Å². The summed E-state index contributed by atoms with van der Waals surface area (Å²) in [5, 5.41) is 22.0. The lowest BCUT2D eigenvalue weighted by Crippen LogP contribution is -2.44. The maximum atomic E-state index is 15.8. The molecule has 0 bridgehead atoms. The van der Waals surface area contributed by atoms with Crippen LogP contribution in [0.2, 0.25) is 0 Å². The standard InChI is InChI=1S/C42H46F2N4O7/c1-25-27(16-33(43)35-18-39(53-3)29(20-45-35)21-47-37(24-49)42(52)55-5)10-8-12-31(25)32-13-9-11-28(26(32)2)17-34(44)36-19-40(54-4)30(22-46-36)23-48-15-7-6-14-38(48)41(50)51/h8-13,16-20,22,37-38,47,49H,6-7,14-15,21,23-24H2,1-5H3,(H,50,51)/b33-16-,34-17-/t37-,38+/m1/s1. The van der Waals surface area contributed by atoms with Crippen LogP contribution in [0.15, 0.2) is 60.9 Å². The van der Waals surface area contributed by atoms with Crippen LogP contribution < -0.4 is 14.8 Å². The number of esters is 1. The fraction of sp³-hybridized carbons (Fsp3) is 0.333. The third kappa shape index (κ3) is 9.60. The molecule has 3 heterocycles. The zero-order chi connectivity index (χ0) is 39.6. The Morgan fingerprint density at radius 2 is 1.44 bits per heavy atom. The Bertz CT molecular complexity index is 2090. The molecule has 0 radical (unpaired) electrons. The molecular weight excluding hydrogens is 710 g/mol. The monoisotopic (exact) mass is 756 g/mol. The van der Waals surface area contributed by atoms with E-state index in [1.165, 1.54) is 58.0 Å². The van der Waals surface area contributed by atoms with Gasteiger partial charge in [0.05, 0.1) is 27.9 Å². The molecule has 1 aliphatic rings. The van der Waals surface area contributed by atoms with Crippen molar-refractivity contribution >= 4 is 35.7 Å². The number of carboxylic acid groups (broad SMARTS) is 1. The van der Waals surface area contributed by atoms with Gasteiger partial charge in [-0.3, -0.25) is 29.8 Å². The Hall–Kier alpha value is -5.50. The largest absolute Gasteiger partial charge is 0.496 e. The van der Waals surface area contributed by atoms with Crippen LogP contribution in [-0.2, 0) is 27.4 Å². The number of hydrogen-bond acceptors (Lipinski definition) is 10. The van der Waals surface area contributed by atoms with Gasteiger partial charge in [-0.15, -0.1) is 0 Å². The van der Waals surface area contributed by atoms with E-state index in [1.54, 1.807) is 6.07 Å². The Kier molecular flexibility index (Phi) is 13.8. The quantitative estimate of drug-likeness (QED) is 0.111. The van der Waals surface area contributed by atoms with Crippen molar-refractivity contribution in [1.29, 1.82) is 0 Å². The number of halogens is 2. The van der Waals surface area contributed by atoms with Crippen molar-refractivity contribution in [2.75, 3.05) is 34.5 Å². The molecule has 0 aliphatic carbocycles. The van der Waals surface area contributed by atoms with Crippen molar-refractivity contribution in [2.24, 2.45) is 0 Å². The van der Waals surface area contributed by atoms with Crippen molar-refractivity contribution in [2.45, 2.75) is 58.3 Å². The SMILES string of the molecule is COC(=O)[C@@H](CO)NCc1cnc(/C(F)=C/c2cccc(-c3cccc(/C=C(\F)c4cc(OC)c(CN5CCCC[C@H]5C(=O)O)cn4)c3C)c2C)cc1OC. The number of piperidine rings is 1. The van der Waals surface area contributed by atoms with Crippen molar-refractivity contribution < 1.29 is 42.8 Å². The molecule has 0 saturated carbocycles. The molecule has 2 aromatic heterocycles. The summed E-state index contributed by atoms with van der Waals surface area (Å²) >= 11 is 0. The molecule has 0 amide bonds. The van der Waals surface area contributed by atoms with Crippen LogP contribution in [0.5, 0.6) is 11.5 Å². The molecule has 1 fully saturated rings. The molecule has 0 spiro atoms. The Labute approximate surface area is 319 Å². The predicted molar refractivity (Wildman–Crippen MR) is 206 cm³/mol. The van der Waals surface area contributed by atoms with Gasteiger partial charge in [-0.05, 0) is 78.8 Å². The summed E-state index contributed by atoms with van der Waals surface area (Å²) < 4.78 is 47.3. The molecule has 3 N–H and O–H groups in total. The summed E-state index contributed by atoms with van der Waals surface area (Å²) in [5.41, 5.74) is 5.90. The molecule has 2 aromatic carbocycles. The number of hydrogen-bond donors (Lipinski definition) is 3. The molecule has 5 rings (SSSR count). The molecule has 11 nitrogen and oxygen atoms in total. The minimum Gasteiger partial charge on any atom is -0.496 e. The molecule has 55 heavy (non-hydrogen) atoms. The van der Waals surface area contributed by atoms with Crippen LogP contribution in [-0.4, -0.2) is 83.6 Å². The highest BCUT2D eigenvalue weighted by atomic mass is 19.1. The van der Waals surface area contributed by atoms with Crippen molar-refractivity contribution in [3.63, 3.8) is 0 Å². The fourth-order valence-corrected chi connectivity index (χ4v) is 6.72. The number of likely N-dealkylation sites (tertiary alicyclic amines) is 1. The van der Waals surface area contributed by atoms with Gasteiger partial charge >= 0.3 is 11.9 Å². The highest BCUT2D eigenvalue weighted by Gasteiger charge is 2.29. The molecule has 2 atom stereocenters. The molecular formula is C42H46F2N4O7. The minimum absolute atomic E-state index is 0.0464. The smallest absolute Gasteiger partial charge is 0.325 e. The maximum Gasteiger partial charge on any atom is 0.325 e. The lowest BCUT2D eigenvalue weighted by atomic mass is 9.91. The number of carboxylic acids is 1. The number of aliphatic carboxylic acids is 1. The van der Waals surface area contributed by atoms with Gasteiger partial charge in [-0.1, -0.05) is 42.8 Å². The van der Waals surface area contributed by atoms with Gasteiger partial charge in [0, 0.05) is 48.7 Å². The zero-order valence-electron chi connectivity index (χ0n) is 31.6. The summed E-state index contributed by atoms with van der Waals surface area (Å²) in [6, 6.07) is 12.6. The number of aliphatic hydroxyl groups is 1. The molecule has 0 unspecified atom stereocenters. The number of methoxy groups -OCH3 is 3. The first-order valence-electron chi connectivity index (χ1n) is 17.9. The molecule has 1 aliphatic heterocycles. The van der Waals surface area contributed by atoms with Crippen LogP contribution in [0, 0.1) is 13.8 Å². The number of pyridine rings is 2. The van der Waals surface area contributed by atoms with Crippen LogP contribution >= 0.6 is 0 Å². The summed E-state index contributed by atoms with van der Waals surface area (Å²) in [6.45, 7) is 4.41. The van der Waals surface area contributed by atoms with Gasteiger partial charge in [0.1, 0.15) is 46.6 Å². The summed E-state index contributed by atoms with van der Waals surface area (Å²) in [6.07, 6.45) is 8.13. The minimum atomic E-state index is -0.938. The van der Waals surface area contributed by atoms with Gasteiger partial charge in [0.2, 0.25) is 0 Å². The van der Waals surface area contributed by atoms with Crippen LogP contribution in [0.3, 0.4) is 0 Å². The number of nitrogens with zero attached hydrogens (tertiary/aromatic N) is 3. The fourth-order valence-electron chi connectivity index (χ4n) is 6.72. The summed E-state index contributed by atoms with van der Waals surface area (Å²) in [7, 11) is 4.16. The predicted octanol–water partition coefficient (Wildman–Crippen LogP) is 6.78. The first-order chi connectivity index (χ1) is 26.5. The van der Waals surface area contributed by atoms with Crippen LogP contribution in [0.4, 0.5) is 8.78 Å². The van der Waals surface area contributed by atoms with E-state index in [2.05, 4.69) is 20.0 Å². The zero-order valence-corrected chi connectivity index (χ0v) is 31.6. The van der Waals surface area contributed by atoms with E-state index >= 15 is 8.78 Å². The third-order valence-corrected chi connectivity index (χ3v) is 9.90. The van der Waals surface area contributed by atoms with E-state index in [-0.39, 0.29) is 17.9 Å². The molecule has 4 aromatic rings. The summed E-state index contributed by atoms with van der Waals surface area (Å²) in [5.74, 6) is -1.87. The van der Waals surface area contributed by atoms with Gasteiger partial charge < -0.3 is 24.4 Å². The van der Waals surface area contributed by atoms with Crippen molar-refractivity contribution in [3.8, 4) is 22.6 Å². The first kappa shape index (κ1) is 40.7. The molecule has 290 valence electrons. The van der Waals surface area contributed by atoms with Gasteiger partial charge in [-0.25, -0.2) is 8.78 Å². The second kappa shape index (κ2) is 18.7. The first-order valence-corrected chi connectivity index (χ1v) is 17.9. The Morgan fingerprint density at radius 1 is 0.891 bits per heavy atom. The van der Waals surface area contributed by atoms with E-state index in [1.807, 2.05) is 49.1 Å². The van der Waals surface area contributed by atoms with Crippen LogP contribution in [0.1, 0.15) is 64.0 Å². The Balaban J connectivity index is 1.37. The number of carbonyl (C=O) groups is 2. The second-order valence-corrected chi connectivity index (χ2v) is 13.2. The number of ether oxygens (including phenoxy) is 3. The number of carbonyl (C=O) groups excluding carboxylic acids is 1. The third-order valence-electron chi connectivity index (χ3n) is 9.90. The average molecular weight is 757 g/mol. The van der Waals surface area contributed by atoms with E-state index in [9.17, 15) is 19.8 Å². The van der Waals surface area contributed by atoms with E-state index in [4.69, 9.17) is 9.47 Å². The number of rotatable bonds is 15. The van der Waals surface area contributed by atoms with E-state index in [0.29, 0.717) is 53.3 Å². The van der Waals surface area contributed by atoms with E-state index < -0.39 is 42.3 Å². The average Bonchev–Trinajstić information content (AvgIpc) is 3.19. The number of aromatic nitrogens is 2. The molecule has 13 heteroatoms. The lowest BCUT2D eigenvalue weighted by Gasteiger charge is -2.33. The highest BCUT2D eigenvalue weighted by Crippen LogP contribution is 2.34. The van der Waals surface area contributed by atoms with Crippen LogP contribution in [0.25, 0.3) is 34.9 Å². The van der Waals surface area contributed by atoms with Crippen molar-refractivity contribution in [3.05, 3.63) is 106 Å². The topological polar surface area (TPSA) is 143 Å². The molecule has 1 saturated heterocycles. The van der Waals surface area contributed by atoms with Gasteiger partial charge in [0.25, 0.3) is 0 Å². The normalized spacial score (nSPS) is 15.7. The maximum absolute atomic E-state index is 15.8. The van der Waals surface area contributed by atoms with Gasteiger partial charge in [-0.2, -0.15) is 0 Å². The highest BCUT2D eigenvalue weighted by molar-refractivity contribution is 5.84. The second-order valence-electron chi connectivity index (χ2n) is 13.2. The van der Waals surface area contributed by atoms with Crippen molar-refractivity contribution in [1.82, 2.24) is 20.2 Å². The lowest BCUT2D eigenvalue weighted by molar-refractivity contribution is -0.145. The van der Waals surface area contributed by atoms with E-state index in [0.717, 1.165) is 35.1 Å². The summed E-state index contributed by atoms with van der Waals surface area (Å²) in [4.78, 5) is 34.2. The number of nitrogens with one attached hydrogen (secondary N) is 1. The Morgan fingerprint density at radius 3 is 1.95 bits per heavy atom. The number of aliphatic hydroxyl groups excluding tert-OH is 1. The number of benzene rings is 2.